The van der Waals surface area contributed by atoms with Gasteiger partial charge in [-0.05, 0) is 43.3 Å². The molecule has 142 valence electrons. The maximum absolute atomic E-state index is 10.4. The van der Waals surface area contributed by atoms with Crippen LogP contribution in [0.1, 0.15) is 5.56 Å². The molecular formula is C21H21BrO3S2. The van der Waals surface area contributed by atoms with E-state index in [-0.39, 0.29) is 15.8 Å². The molecule has 0 radical (unpaired) electrons. The molecule has 0 heterocycles. The maximum Gasteiger partial charge on any atom is 0.160 e. The SMILES string of the molecule is BrCC[S+](c1ccccc1)c1ccccc1.Cc1ccc(S(=O)(=O)[O-])cc1. The zero-order valence-electron chi connectivity index (χ0n) is 14.9. The first-order valence-corrected chi connectivity index (χ1v) is 12.2. The van der Waals surface area contributed by atoms with Gasteiger partial charge < -0.3 is 4.55 Å². The molecule has 0 aliphatic rings. The maximum atomic E-state index is 10.4. The van der Waals surface area contributed by atoms with Crippen LogP contribution in [0.2, 0.25) is 0 Å². The molecule has 3 nitrogen and oxygen atoms in total. The van der Waals surface area contributed by atoms with Crippen molar-refractivity contribution in [2.45, 2.75) is 21.6 Å². The topological polar surface area (TPSA) is 57.2 Å². The number of alkyl halides is 1. The number of halogens is 1. The van der Waals surface area contributed by atoms with Gasteiger partial charge >= 0.3 is 0 Å². The van der Waals surface area contributed by atoms with Crippen molar-refractivity contribution in [2.75, 3.05) is 11.1 Å². The Hall–Kier alpha value is -1.60. The normalized spacial score (nSPS) is 11.0. The minimum absolute atomic E-state index is 0.178. The summed E-state index contributed by atoms with van der Waals surface area (Å²) < 4.78 is 31.2. The molecule has 0 aliphatic carbocycles. The smallest absolute Gasteiger partial charge is 0.160 e. The van der Waals surface area contributed by atoms with Crippen LogP contribution in [0.5, 0.6) is 0 Å². The van der Waals surface area contributed by atoms with Gasteiger partial charge in [0.05, 0.1) is 15.8 Å². The Morgan fingerprint density at radius 2 is 1.26 bits per heavy atom. The molecule has 0 saturated carbocycles. The Bertz CT molecular complexity index is 873. The first-order chi connectivity index (χ1) is 12.9. The molecule has 6 heteroatoms. The number of aryl methyl sites for hydroxylation is 1. The quantitative estimate of drug-likeness (QED) is 0.302. The van der Waals surface area contributed by atoms with Gasteiger partial charge in [-0.2, -0.15) is 0 Å². The number of hydrogen-bond acceptors (Lipinski definition) is 3. The Morgan fingerprint density at radius 1 is 0.815 bits per heavy atom. The zero-order chi connectivity index (χ0) is 19.7. The van der Waals surface area contributed by atoms with Crippen LogP contribution in [-0.2, 0) is 21.0 Å². The van der Waals surface area contributed by atoms with E-state index in [1.165, 1.54) is 21.9 Å². The van der Waals surface area contributed by atoms with E-state index in [0.29, 0.717) is 0 Å². The predicted molar refractivity (Wildman–Crippen MR) is 115 cm³/mol. The lowest BCUT2D eigenvalue weighted by Gasteiger charge is -2.05. The van der Waals surface area contributed by atoms with Gasteiger partial charge in [0.2, 0.25) is 0 Å². The summed E-state index contributed by atoms with van der Waals surface area (Å²) in [5.41, 5.74) is 0.928. The first-order valence-electron chi connectivity index (χ1n) is 8.31. The second-order valence-corrected chi connectivity index (χ2v) is 9.98. The second-order valence-electron chi connectivity index (χ2n) is 5.68. The molecule has 0 spiro atoms. The summed E-state index contributed by atoms with van der Waals surface area (Å²) >= 11 is 3.55. The minimum atomic E-state index is -4.27. The summed E-state index contributed by atoms with van der Waals surface area (Å²) in [7, 11) is -4.07. The van der Waals surface area contributed by atoms with Gasteiger partial charge in [-0.3, -0.25) is 0 Å². The van der Waals surface area contributed by atoms with Crippen LogP contribution in [-0.4, -0.2) is 24.1 Å². The number of rotatable bonds is 5. The fraction of sp³-hybridized carbons (Fsp3) is 0.143. The van der Waals surface area contributed by atoms with Crippen LogP contribution in [0.4, 0.5) is 0 Å². The van der Waals surface area contributed by atoms with Crippen molar-refractivity contribution in [2.24, 2.45) is 0 Å². The second kappa shape index (κ2) is 10.7. The van der Waals surface area contributed by atoms with E-state index >= 15 is 0 Å². The Balaban J connectivity index is 0.000000208. The standard InChI is InChI=1S/C14H14BrS.C7H8O3S/c15-11-12-16(13-7-3-1-4-8-13)14-9-5-2-6-10-14;1-6-2-4-7(5-3-6)11(8,9)10/h1-10H,11-12H2;2-5H,1H3,(H,8,9,10)/q+1;/p-1. The summed E-state index contributed by atoms with van der Waals surface area (Å²) in [4.78, 5) is 2.67. The molecular weight excluding hydrogens is 444 g/mol. The minimum Gasteiger partial charge on any atom is -0.744 e. The first kappa shape index (κ1) is 21.7. The van der Waals surface area contributed by atoms with Crippen molar-refractivity contribution in [1.29, 1.82) is 0 Å². The van der Waals surface area contributed by atoms with Gasteiger partial charge in [0, 0.05) is 5.33 Å². The average Bonchev–Trinajstić information content (AvgIpc) is 2.68. The molecule has 0 bridgehead atoms. The van der Waals surface area contributed by atoms with E-state index in [0.717, 1.165) is 16.6 Å². The van der Waals surface area contributed by atoms with Crippen LogP contribution in [0.15, 0.2) is 99.6 Å². The highest BCUT2D eigenvalue weighted by atomic mass is 79.9. The Labute approximate surface area is 172 Å². The summed E-state index contributed by atoms with van der Waals surface area (Å²) in [6, 6.07) is 27.3. The summed E-state index contributed by atoms with van der Waals surface area (Å²) in [6.07, 6.45) is 0. The third-order valence-corrected chi connectivity index (χ3v) is 7.71. The largest absolute Gasteiger partial charge is 0.744 e. The van der Waals surface area contributed by atoms with Crippen molar-refractivity contribution in [1.82, 2.24) is 0 Å². The lowest BCUT2D eigenvalue weighted by molar-refractivity contribution is 0.463. The van der Waals surface area contributed by atoms with Crippen molar-refractivity contribution >= 4 is 36.9 Å². The summed E-state index contributed by atoms with van der Waals surface area (Å²) in [6.45, 7) is 1.82. The molecule has 0 N–H and O–H groups in total. The van der Waals surface area contributed by atoms with E-state index in [9.17, 15) is 13.0 Å². The van der Waals surface area contributed by atoms with Crippen LogP contribution >= 0.6 is 15.9 Å². The van der Waals surface area contributed by atoms with Crippen molar-refractivity contribution in [3.8, 4) is 0 Å². The van der Waals surface area contributed by atoms with Crippen molar-refractivity contribution < 1.29 is 13.0 Å². The molecule has 3 aromatic carbocycles. The Morgan fingerprint density at radius 3 is 1.63 bits per heavy atom. The Kier molecular flexibility index (Phi) is 8.57. The van der Waals surface area contributed by atoms with E-state index in [4.69, 9.17) is 0 Å². The van der Waals surface area contributed by atoms with Gasteiger partial charge in [0.15, 0.2) is 9.79 Å². The highest BCUT2D eigenvalue weighted by molar-refractivity contribution is 9.09. The molecule has 0 amide bonds. The van der Waals surface area contributed by atoms with E-state index in [1.807, 2.05) is 6.92 Å². The molecule has 0 aromatic heterocycles. The molecule has 27 heavy (non-hydrogen) atoms. The van der Waals surface area contributed by atoms with Crippen LogP contribution < -0.4 is 0 Å². The molecule has 0 atom stereocenters. The highest BCUT2D eigenvalue weighted by Crippen LogP contribution is 2.23. The van der Waals surface area contributed by atoms with Crippen LogP contribution in [0, 0.1) is 6.92 Å². The fourth-order valence-electron chi connectivity index (χ4n) is 2.32. The molecule has 3 rings (SSSR count). The summed E-state index contributed by atoms with van der Waals surface area (Å²) in [5, 5.41) is 1.04. The van der Waals surface area contributed by atoms with E-state index < -0.39 is 10.1 Å². The molecule has 0 aliphatic heterocycles. The van der Waals surface area contributed by atoms with Crippen LogP contribution in [0.25, 0.3) is 0 Å². The lowest BCUT2D eigenvalue weighted by atomic mass is 10.2. The predicted octanol–water partition coefficient (Wildman–Crippen LogP) is 5.02. The van der Waals surface area contributed by atoms with Crippen molar-refractivity contribution in [3.05, 3.63) is 90.5 Å². The van der Waals surface area contributed by atoms with Crippen LogP contribution in [0.3, 0.4) is 0 Å². The van der Waals surface area contributed by atoms with Gasteiger partial charge in [-0.25, -0.2) is 8.42 Å². The monoisotopic (exact) mass is 464 g/mol. The molecule has 0 saturated heterocycles. The van der Waals surface area contributed by atoms with E-state index in [1.54, 1.807) is 12.1 Å². The third kappa shape index (κ3) is 7.14. The van der Waals surface area contributed by atoms with Crippen molar-refractivity contribution in [3.63, 3.8) is 0 Å². The van der Waals surface area contributed by atoms with Gasteiger partial charge in [0.1, 0.15) is 15.9 Å². The lowest BCUT2D eigenvalue weighted by Crippen LogP contribution is -2.09. The molecule has 0 unspecified atom stereocenters. The average molecular weight is 465 g/mol. The van der Waals surface area contributed by atoms with E-state index in [2.05, 4.69) is 76.6 Å². The number of benzene rings is 3. The highest BCUT2D eigenvalue weighted by Gasteiger charge is 2.23. The third-order valence-electron chi connectivity index (χ3n) is 3.65. The van der Waals surface area contributed by atoms with Gasteiger partial charge in [-0.15, -0.1) is 0 Å². The zero-order valence-corrected chi connectivity index (χ0v) is 18.1. The number of hydrogen-bond donors (Lipinski definition) is 0. The fourth-order valence-corrected chi connectivity index (χ4v) is 5.63. The van der Waals surface area contributed by atoms with Gasteiger partial charge in [0.25, 0.3) is 0 Å². The molecule has 3 aromatic rings. The summed E-state index contributed by atoms with van der Waals surface area (Å²) in [5.74, 6) is 1.16. The molecule has 0 fully saturated rings. The van der Waals surface area contributed by atoms with Gasteiger partial charge in [-0.1, -0.05) is 70.0 Å².